The predicted molar refractivity (Wildman–Crippen MR) is 130 cm³/mol. The monoisotopic (exact) mass is 489 g/mol. The Hall–Kier alpha value is -2.79. The zero-order chi connectivity index (χ0) is 23.4. The summed E-state index contributed by atoms with van der Waals surface area (Å²) in [6.07, 6.45) is -0.397. The molecule has 2 aliphatic heterocycles. The third-order valence-corrected chi connectivity index (χ3v) is 6.37. The molecule has 0 aromatic heterocycles. The number of amides is 2. The normalized spacial score (nSPS) is 19.7. The number of anilines is 2. The molecule has 0 saturated carbocycles. The van der Waals surface area contributed by atoms with E-state index in [4.69, 9.17) is 21.1 Å². The number of hydrogen-bond donors (Lipinski definition) is 3. The van der Waals surface area contributed by atoms with E-state index in [0.717, 1.165) is 0 Å². The Morgan fingerprint density at radius 3 is 2.88 bits per heavy atom. The standard InChI is InChI=1S/C22H24ClN5O4S/c1-3-32-18-7-5-4-6-16(18)25-19(29)12-33-22-26-20-14(11-24-27-20)21(30)28(22)13-8-9-17(31-2)15(23)10-13/h4-10,14,20,24,27H,3,11-12H2,1-2H3,(H,25,29). The maximum absolute atomic E-state index is 13.3. The van der Waals surface area contributed by atoms with E-state index in [1.165, 1.54) is 23.8 Å². The van der Waals surface area contributed by atoms with Crippen molar-refractivity contribution in [2.75, 3.05) is 36.2 Å². The summed E-state index contributed by atoms with van der Waals surface area (Å²) in [5.41, 5.74) is 7.14. The molecule has 2 aromatic carbocycles. The van der Waals surface area contributed by atoms with Gasteiger partial charge in [0.05, 0.1) is 41.8 Å². The summed E-state index contributed by atoms with van der Waals surface area (Å²) in [5.74, 6) is 0.431. The van der Waals surface area contributed by atoms with Gasteiger partial charge >= 0.3 is 0 Å². The van der Waals surface area contributed by atoms with Gasteiger partial charge in [-0.2, -0.15) is 0 Å². The van der Waals surface area contributed by atoms with Gasteiger partial charge in [0.15, 0.2) is 5.17 Å². The van der Waals surface area contributed by atoms with Crippen LogP contribution in [0.15, 0.2) is 47.5 Å². The predicted octanol–water partition coefficient (Wildman–Crippen LogP) is 2.87. The Morgan fingerprint density at radius 2 is 2.12 bits per heavy atom. The number of thioether (sulfide) groups is 1. The van der Waals surface area contributed by atoms with Crippen molar-refractivity contribution in [3.05, 3.63) is 47.5 Å². The number of nitrogens with zero attached hydrogens (tertiary/aromatic N) is 2. The van der Waals surface area contributed by atoms with Gasteiger partial charge in [-0.25, -0.2) is 10.4 Å². The minimum absolute atomic E-state index is 0.0533. The second-order valence-electron chi connectivity index (χ2n) is 7.25. The van der Waals surface area contributed by atoms with Crippen molar-refractivity contribution in [1.82, 2.24) is 10.9 Å². The number of rotatable bonds is 7. The molecule has 2 amide bonds. The van der Waals surface area contributed by atoms with E-state index < -0.39 is 6.17 Å². The molecule has 174 valence electrons. The molecule has 4 rings (SSSR count). The summed E-state index contributed by atoms with van der Waals surface area (Å²) in [5, 5.41) is 3.65. The van der Waals surface area contributed by atoms with Gasteiger partial charge in [0.1, 0.15) is 17.7 Å². The fourth-order valence-corrected chi connectivity index (χ4v) is 4.67. The molecule has 2 aromatic rings. The molecule has 0 spiro atoms. The van der Waals surface area contributed by atoms with Crippen molar-refractivity contribution in [1.29, 1.82) is 0 Å². The molecule has 0 radical (unpaired) electrons. The minimum Gasteiger partial charge on any atom is -0.495 e. The molecule has 0 bridgehead atoms. The molecule has 0 aliphatic carbocycles. The van der Waals surface area contributed by atoms with Crippen LogP contribution in [0.3, 0.4) is 0 Å². The molecule has 2 aliphatic rings. The molecule has 11 heteroatoms. The van der Waals surface area contributed by atoms with Gasteiger partial charge in [0.2, 0.25) is 11.8 Å². The van der Waals surface area contributed by atoms with Gasteiger partial charge in [0.25, 0.3) is 0 Å². The zero-order valence-corrected chi connectivity index (χ0v) is 19.7. The van der Waals surface area contributed by atoms with E-state index in [9.17, 15) is 9.59 Å². The molecule has 2 atom stereocenters. The van der Waals surface area contributed by atoms with Crippen molar-refractivity contribution in [3.63, 3.8) is 0 Å². The van der Waals surface area contributed by atoms with Crippen LogP contribution >= 0.6 is 23.4 Å². The molecule has 3 N–H and O–H groups in total. The van der Waals surface area contributed by atoms with E-state index in [0.29, 0.717) is 46.2 Å². The number of ether oxygens (including phenoxy) is 2. The van der Waals surface area contributed by atoms with Crippen molar-refractivity contribution in [3.8, 4) is 11.5 Å². The highest BCUT2D eigenvalue weighted by Gasteiger charge is 2.42. The lowest BCUT2D eigenvalue weighted by molar-refractivity contribution is -0.121. The average molecular weight is 490 g/mol. The third-order valence-electron chi connectivity index (χ3n) is 5.12. The Morgan fingerprint density at radius 1 is 1.30 bits per heavy atom. The van der Waals surface area contributed by atoms with Crippen LogP contribution in [0.25, 0.3) is 0 Å². The number of nitrogens with one attached hydrogen (secondary N) is 3. The topological polar surface area (TPSA) is 104 Å². The Balaban J connectivity index is 1.53. The maximum atomic E-state index is 13.3. The number of carbonyl (C=O) groups is 2. The van der Waals surface area contributed by atoms with E-state index >= 15 is 0 Å². The van der Waals surface area contributed by atoms with Gasteiger partial charge < -0.3 is 14.8 Å². The fourth-order valence-electron chi connectivity index (χ4n) is 3.57. The zero-order valence-electron chi connectivity index (χ0n) is 18.1. The van der Waals surface area contributed by atoms with E-state index in [2.05, 4.69) is 21.2 Å². The van der Waals surface area contributed by atoms with E-state index in [-0.39, 0.29) is 23.5 Å². The summed E-state index contributed by atoms with van der Waals surface area (Å²) >= 11 is 7.48. The second kappa shape index (κ2) is 10.4. The highest BCUT2D eigenvalue weighted by atomic mass is 35.5. The summed E-state index contributed by atoms with van der Waals surface area (Å²) in [4.78, 5) is 32.2. The SMILES string of the molecule is CCOc1ccccc1NC(=O)CSC1=NC2NNCC2C(=O)N1c1ccc(OC)c(Cl)c1. The van der Waals surface area contributed by atoms with Crippen LogP contribution < -0.4 is 30.5 Å². The van der Waals surface area contributed by atoms with Gasteiger partial charge in [-0.15, -0.1) is 0 Å². The molecule has 2 unspecified atom stereocenters. The van der Waals surface area contributed by atoms with Crippen LogP contribution in [0.2, 0.25) is 5.02 Å². The molecule has 33 heavy (non-hydrogen) atoms. The number of para-hydroxylation sites is 2. The Kier molecular flexibility index (Phi) is 7.39. The Bertz CT molecular complexity index is 1080. The first-order chi connectivity index (χ1) is 16.0. The van der Waals surface area contributed by atoms with Gasteiger partial charge in [-0.1, -0.05) is 35.5 Å². The molecular weight excluding hydrogens is 466 g/mol. The minimum atomic E-state index is -0.397. The lowest BCUT2D eigenvalue weighted by Crippen LogP contribution is -2.49. The van der Waals surface area contributed by atoms with Crippen LogP contribution in [-0.2, 0) is 9.59 Å². The van der Waals surface area contributed by atoms with Crippen LogP contribution in [-0.4, -0.2) is 49.2 Å². The summed E-state index contributed by atoms with van der Waals surface area (Å²) < 4.78 is 10.8. The number of aliphatic imine (C=N–C) groups is 1. The average Bonchev–Trinajstić information content (AvgIpc) is 3.28. The molecule has 1 fully saturated rings. The highest BCUT2D eigenvalue weighted by Crippen LogP contribution is 2.34. The quantitative estimate of drug-likeness (QED) is 0.549. The lowest BCUT2D eigenvalue weighted by atomic mass is 10.0. The summed E-state index contributed by atoms with van der Waals surface area (Å²) in [6.45, 7) is 2.83. The number of methoxy groups -OCH3 is 1. The summed E-state index contributed by atoms with van der Waals surface area (Å²) in [7, 11) is 1.53. The van der Waals surface area contributed by atoms with Crippen LogP contribution in [0.4, 0.5) is 11.4 Å². The smallest absolute Gasteiger partial charge is 0.241 e. The molecule has 1 saturated heterocycles. The first kappa shape index (κ1) is 23.4. The Labute approximate surface area is 200 Å². The maximum Gasteiger partial charge on any atom is 0.241 e. The lowest BCUT2D eigenvalue weighted by Gasteiger charge is -2.32. The first-order valence-corrected chi connectivity index (χ1v) is 11.8. The number of amidine groups is 1. The number of hydrogen-bond acceptors (Lipinski definition) is 8. The van der Waals surface area contributed by atoms with E-state index in [1.807, 2.05) is 19.1 Å². The van der Waals surface area contributed by atoms with Crippen LogP contribution in [0.1, 0.15) is 6.92 Å². The van der Waals surface area contributed by atoms with Crippen molar-refractivity contribution >= 4 is 51.7 Å². The molecule has 2 heterocycles. The summed E-state index contributed by atoms with van der Waals surface area (Å²) in [6, 6.07) is 12.3. The fraction of sp³-hybridized carbons (Fsp3) is 0.318. The van der Waals surface area contributed by atoms with Crippen molar-refractivity contribution in [2.45, 2.75) is 13.1 Å². The highest BCUT2D eigenvalue weighted by molar-refractivity contribution is 8.14. The molecular formula is C22H24ClN5O4S. The molecule has 9 nitrogen and oxygen atoms in total. The number of carbonyl (C=O) groups excluding carboxylic acids is 2. The van der Waals surface area contributed by atoms with Crippen LogP contribution in [0, 0.1) is 5.92 Å². The number of hydrazine groups is 1. The van der Waals surface area contributed by atoms with Crippen molar-refractivity contribution < 1.29 is 19.1 Å². The van der Waals surface area contributed by atoms with Crippen LogP contribution in [0.5, 0.6) is 11.5 Å². The first-order valence-electron chi connectivity index (χ1n) is 10.4. The largest absolute Gasteiger partial charge is 0.495 e. The third kappa shape index (κ3) is 5.09. The second-order valence-corrected chi connectivity index (χ2v) is 8.60. The van der Waals surface area contributed by atoms with Gasteiger partial charge in [-0.05, 0) is 37.3 Å². The van der Waals surface area contributed by atoms with Gasteiger partial charge in [0, 0.05) is 6.54 Å². The number of fused-ring (bicyclic) bond motifs is 1. The number of halogens is 1. The number of benzene rings is 2. The van der Waals surface area contributed by atoms with E-state index in [1.54, 1.807) is 30.3 Å². The van der Waals surface area contributed by atoms with Gasteiger partial charge in [-0.3, -0.25) is 19.9 Å². The van der Waals surface area contributed by atoms with Crippen molar-refractivity contribution in [2.24, 2.45) is 10.9 Å².